The summed E-state index contributed by atoms with van der Waals surface area (Å²) in [6.45, 7) is 0.812. The molecule has 1 aromatic carbocycles. The molecule has 2 aromatic heterocycles. The van der Waals surface area contributed by atoms with Crippen LogP contribution in [0.4, 0.5) is 5.82 Å². The molecule has 23 heavy (non-hydrogen) atoms. The lowest BCUT2D eigenvalue weighted by Gasteiger charge is -2.14. The van der Waals surface area contributed by atoms with Gasteiger partial charge in [0, 0.05) is 36.5 Å². The third-order valence-electron chi connectivity index (χ3n) is 4.05. The predicted molar refractivity (Wildman–Crippen MR) is 86.0 cm³/mol. The van der Waals surface area contributed by atoms with Crippen molar-refractivity contribution < 1.29 is 8.42 Å². The Morgan fingerprint density at radius 2 is 2.17 bits per heavy atom. The molecule has 0 fully saturated rings. The number of nitrogens with zero attached hydrogens (tertiary/aromatic N) is 4. The fraction of sp³-hybridized carbons (Fsp3) is 0.267. The Bertz CT molecular complexity index is 976. The van der Waals surface area contributed by atoms with Gasteiger partial charge in [-0.3, -0.25) is 0 Å². The molecule has 1 atom stereocenters. The van der Waals surface area contributed by atoms with Gasteiger partial charge in [-0.2, -0.15) is 0 Å². The highest BCUT2D eigenvalue weighted by Gasteiger charge is 2.22. The summed E-state index contributed by atoms with van der Waals surface area (Å²) in [5, 5.41) is 4.11. The van der Waals surface area contributed by atoms with Crippen LogP contribution in [-0.2, 0) is 22.8 Å². The second-order valence-electron chi connectivity index (χ2n) is 5.76. The minimum Gasteiger partial charge on any atom is -0.365 e. The van der Waals surface area contributed by atoms with Crippen molar-refractivity contribution in [3.05, 3.63) is 42.7 Å². The molecule has 1 unspecified atom stereocenters. The van der Waals surface area contributed by atoms with E-state index in [0.717, 1.165) is 13.0 Å². The van der Waals surface area contributed by atoms with E-state index in [1.807, 2.05) is 12.5 Å². The number of benzene rings is 1. The second kappa shape index (κ2) is 5.02. The number of hydrogen-bond donors (Lipinski definition) is 1. The standard InChI is InChI=1S/C15H15N5O2S/c1-23(21,22)12-2-3-14-13(5-12)15(18-8-17-14)19-10-4-11-6-16-9-20(11)7-10/h2-3,5-6,8-10H,4,7H2,1H3,(H,17,18,19). The molecular formula is C15H15N5O2S. The van der Waals surface area contributed by atoms with Crippen LogP contribution in [0.3, 0.4) is 0 Å². The molecule has 0 radical (unpaired) electrons. The van der Waals surface area contributed by atoms with Gasteiger partial charge in [0.1, 0.15) is 12.1 Å². The van der Waals surface area contributed by atoms with E-state index in [9.17, 15) is 8.42 Å². The number of rotatable bonds is 3. The summed E-state index contributed by atoms with van der Waals surface area (Å²) in [4.78, 5) is 12.9. The third-order valence-corrected chi connectivity index (χ3v) is 5.16. The highest BCUT2D eigenvalue weighted by atomic mass is 32.2. The van der Waals surface area contributed by atoms with Crippen molar-refractivity contribution in [1.29, 1.82) is 0 Å². The van der Waals surface area contributed by atoms with Crippen molar-refractivity contribution in [3.8, 4) is 0 Å². The van der Waals surface area contributed by atoms with E-state index in [1.54, 1.807) is 18.2 Å². The topological polar surface area (TPSA) is 89.8 Å². The van der Waals surface area contributed by atoms with Crippen LogP contribution in [0.2, 0.25) is 0 Å². The lowest BCUT2D eigenvalue weighted by molar-refractivity contribution is 0.602. The van der Waals surface area contributed by atoms with Crippen LogP contribution >= 0.6 is 0 Å². The smallest absolute Gasteiger partial charge is 0.175 e. The fourth-order valence-corrected chi connectivity index (χ4v) is 3.56. The summed E-state index contributed by atoms with van der Waals surface area (Å²) in [6.07, 6.45) is 7.22. The first-order valence-electron chi connectivity index (χ1n) is 7.21. The molecule has 8 heteroatoms. The Kier molecular flexibility index (Phi) is 3.08. The summed E-state index contributed by atoms with van der Waals surface area (Å²) in [5.74, 6) is 0.657. The Balaban J connectivity index is 1.71. The number of imidazole rings is 1. The predicted octanol–water partition coefficient (Wildman–Crippen LogP) is 1.27. The molecule has 0 aliphatic carbocycles. The lowest BCUT2D eigenvalue weighted by Crippen LogP contribution is -2.21. The minimum absolute atomic E-state index is 0.202. The summed E-state index contributed by atoms with van der Waals surface area (Å²) >= 11 is 0. The normalized spacial score (nSPS) is 17.3. The van der Waals surface area contributed by atoms with Crippen molar-refractivity contribution in [2.24, 2.45) is 0 Å². The van der Waals surface area contributed by atoms with Crippen LogP contribution < -0.4 is 5.32 Å². The molecule has 1 aliphatic heterocycles. The highest BCUT2D eigenvalue weighted by molar-refractivity contribution is 7.90. The number of anilines is 1. The molecule has 118 valence electrons. The van der Waals surface area contributed by atoms with E-state index in [2.05, 4.69) is 24.8 Å². The first-order valence-corrected chi connectivity index (χ1v) is 9.10. The molecule has 0 spiro atoms. The monoisotopic (exact) mass is 329 g/mol. The Morgan fingerprint density at radius 1 is 1.30 bits per heavy atom. The number of fused-ring (bicyclic) bond motifs is 2. The summed E-state index contributed by atoms with van der Waals surface area (Å²) < 4.78 is 25.7. The molecule has 3 aromatic rings. The largest absolute Gasteiger partial charge is 0.365 e. The highest BCUT2D eigenvalue weighted by Crippen LogP contribution is 2.25. The summed E-state index contributed by atoms with van der Waals surface area (Å²) in [5.41, 5.74) is 1.90. The third kappa shape index (κ3) is 2.55. The van der Waals surface area contributed by atoms with Crippen LogP contribution in [0.5, 0.6) is 0 Å². The van der Waals surface area contributed by atoms with Gasteiger partial charge in [0.2, 0.25) is 0 Å². The van der Waals surface area contributed by atoms with Crippen LogP contribution in [0.15, 0.2) is 41.9 Å². The van der Waals surface area contributed by atoms with E-state index < -0.39 is 9.84 Å². The molecule has 0 amide bonds. The maximum Gasteiger partial charge on any atom is 0.175 e. The van der Waals surface area contributed by atoms with Crippen LogP contribution in [0, 0.1) is 0 Å². The van der Waals surface area contributed by atoms with Gasteiger partial charge in [-0.1, -0.05) is 0 Å². The van der Waals surface area contributed by atoms with Crippen LogP contribution in [0.25, 0.3) is 10.9 Å². The Morgan fingerprint density at radius 3 is 2.96 bits per heavy atom. The number of hydrogen-bond acceptors (Lipinski definition) is 6. The van der Waals surface area contributed by atoms with Gasteiger partial charge >= 0.3 is 0 Å². The van der Waals surface area contributed by atoms with Crippen molar-refractivity contribution in [3.63, 3.8) is 0 Å². The van der Waals surface area contributed by atoms with Gasteiger partial charge in [-0.15, -0.1) is 0 Å². The molecule has 0 bridgehead atoms. The zero-order chi connectivity index (χ0) is 16.0. The summed E-state index contributed by atoms with van der Waals surface area (Å²) in [6, 6.07) is 5.11. The molecule has 1 aliphatic rings. The SMILES string of the molecule is CS(=O)(=O)c1ccc2ncnc(NC3Cc4cncn4C3)c2c1. The van der Waals surface area contributed by atoms with Crippen molar-refractivity contribution in [2.45, 2.75) is 23.9 Å². The van der Waals surface area contributed by atoms with E-state index in [4.69, 9.17) is 0 Å². The second-order valence-corrected chi connectivity index (χ2v) is 7.77. The minimum atomic E-state index is -3.27. The van der Waals surface area contributed by atoms with Gasteiger partial charge in [0.25, 0.3) is 0 Å². The van der Waals surface area contributed by atoms with Gasteiger partial charge in [0.05, 0.1) is 22.8 Å². The quantitative estimate of drug-likeness (QED) is 0.778. The molecule has 1 N–H and O–H groups in total. The van der Waals surface area contributed by atoms with Gasteiger partial charge in [-0.25, -0.2) is 23.4 Å². The van der Waals surface area contributed by atoms with Gasteiger partial charge in [0.15, 0.2) is 9.84 Å². The molecule has 0 saturated heterocycles. The van der Waals surface area contributed by atoms with Crippen LogP contribution in [0.1, 0.15) is 5.69 Å². The lowest BCUT2D eigenvalue weighted by atomic mass is 10.2. The average Bonchev–Trinajstić information content (AvgIpc) is 3.07. The molecule has 3 heterocycles. The van der Waals surface area contributed by atoms with Gasteiger partial charge < -0.3 is 9.88 Å². The van der Waals surface area contributed by atoms with Crippen LogP contribution in [-0.4, -0.2) is 40.2 Å². The molecule has 0 saturated carbocycles. The first-order chi connectivity index (χ1) is 11.0. The van der Waals surface area contributed by atoms with E-state index in [0.29, 0.717) is 16.7 Å². The Labute approximate surface area is 133 Å². The van der Waals surface area contributed by atoms with Gasteiger partial charge in [-0.05, 0) is 18.2 Å². The zero-order valence-corrected chi connectivity index (χ0v) is 13.3. The van der Waals surface area contributed by atoms with E-state index in [-0.39, 0.29) is 10.9 Å². The van der Waals surface area contributed by atoms with E-state index in [1.165, 1.54) is 18.3 Å². The van der Waals surface area contributed by atoms with Crippen molar-refractivity contribution >= 4 is 26.6 Å². The number of aromatic nitrogens is 4. The van der Waals surface area contributed by atoms with Crippen molar-refractivity contribution in [2.75, 3.05) is 11.6 Å². The van der Waals surface area contributed by atoms with Crippen molar-refractivity contribution in [1.82, 2.24) is 19.5 Å². The molecular weight excluding hydrogens is 314 g/mol. The number of nitrogens with one attached hydrogen (secondary N) is 1. The molecule has 4 rings (SSSR count). The maximum absolute atomic E-state index is 11.8. The maximum atomic E-state index is 11.8. The average molecular weight is 329 g/mol. The first kappa shape index (κ1) is 14.1. The number of sulfone groups is 1. The fourth-order valence-electron chi connectivity index (χ4n) is 2.91. The Hall–Kier alpha value is -2.48. The molecule has 7 nitrogen and oxygen atoms in total. The zero-order valence-electron chi connectivity index (χ0n) is 12.5. The summed E-state index contributed by atoms with van der Waals surface area (Å²) in [7, 11) is -3.27. The van der Waals surface area contributed by atoms with E-state index >= 15 is 0 Å².